The molecule has 1 fully saturated rings. The summed E-state index contributed by atoms with van der Waals surface area (Å²) in [4.78, 5) is 6.74. The maximum absolute atomic E-state index is 6.10. The Morgan fingerprint density at radius 1 is 1.33 bits per heavy atom. The molecule has 1 aromatic carbocycles. The van der Waals surface area contributed by atoms with Crippen LogP contribution in [0.5, 0.6) is 0 Å². The topological polar surface area (TPSA) is 41.3 Å². The average molecular weight is 266 g/mol. The van der Waals surface area contributed by atoms with Gasteiger partial charge < -0.3 is 14.6 Å². The zero-order valence-electron chi connectivity index (χ0n) is 10.4. The molecule has 2 heterocycles. The van der Waals surface area contributed by atoms with Gasteiger partial charge in [-0.3, -0.25) is 0 Å². The molecule has 0 amide bonds. The first-order chi connectivity index (χ1) is 8.74. The molecule has 0 bridgehead atoms. The molecule has 18 heavy (non-hydrogen) atoms. The number of hydrogen-bond acceptors (Lipinski definition) is 4. The number of halogens is 1. The number of oxazole rings is 1. The third-order valence-corrected chi connectivity index (χ3v) is 3.68. The Kier molecular flexibility index (Phi) is 3.14. The molecule has 96 valence electrons. The van der Waals surface area contributed by atoms with Crippen molar-refractivity contribution in [3.05, 3.63) is 22.7 Å². The number of hydrogen-bond donors (Lipinski definition) is 1. The lowest BCUT2D eigenvalue weighted by Gasteiger charge is -2.16. The molecule has 5 heteroatoms. The van der Waals surface area contributed by atoms with Crippen LogP contribution in [0.25, 0.3) is 11.1 Å². The second-order valence-electron chi connectivity index (χ2n) is 4.66. The number of nitrogens with zero attached hydrogens (tertiary/aromatic N) is 2. The Balaban J connectivity index is 1.96. The van der Waals surface area contributed by atoms with Crippen LogP contribution >= 0.6 is 11.6 Å². The zero-order chi connectivity index (χ0) is 12.5. The maximum atomic E-state index is 6.10. The summed E-state index contributed by atoms with van der Waals surface area (Å²) in [6, 6.07) is 4.52. The van der Waals surface area contributed by atoms with E-state index < -0.39 is 0 Å². The summed E-state index contributed by atoms with van der Waals surface area (Å²) in [7, 11) is 0. The summed E-state index contributed by atoms with van der Waals surface area (Å²) in [6.45, 7) is 5.91. The summed E-state index contributed by atoms with van der Waals surface area (Å²) >= 11 is 6.10. The first kappa shape index (κ1) is 11.8. The van der Waals surface area contributed by atoms with E-state index in [2.05, 4.69) is 15.2 Å². The molecule has 1 aliphatic heterocycles. The van der Waals surface area contributed by atoms with Crippen molar-refractivity contribution in [2.45, 2.75) is 13.3 Å². The second kappa shape index (κ2) is 4.78. The SMILES string of the molecule is Cc1cc2nc(N3CCCNCC3)oc2cc1Cl. The molecule has 1 aromatic heterocycles. The van der Waals surface area contributed by atoms with Crippen LogP contribution in [0.1, 0.15) is 12.0 Å². The molecule has 0 unspecified atom stereocenters. The molecular formula is C13H16ClN3O. The van der Waals surface area contributed by atoms with Gasteiger partial charge in [-0.25, -0.2) is 0 Å². The first-order valence-corrected chi connectivity index (χ1v) is 6.64. The normalized spacial score (nSPS) is 17.1. The minimum atomic E-state index is 0.704. The summed E-state index contributed by atoms with van der Waals surface area (Å²) in [6.07, 6.45) is 1.11. The molecular weight excluding hydrogens is 250 g/mol. The lowest BCUT2D eigenvalue weighted by Crippen LogP contribution is -2.27. The number of nitrogens with one attached hydrogen (secondary N) is 1. The average Bonchev–Trinajstić information content (AvgIpc) is 2.60. The molecule has 1 saturated heterocycles. The lowest BCUT2D eigenvalue weighted by molar-refractivity contribution is 0.571. The predicted molar refractivity (Wildman–Crippen MR) is 73.5 cm³/mol. The van der Waals surface area contributed by atoms with E-state index in [9.17, 15) is 0 Å². The Hall–Kier alpha value is -1.26. The fraction of sp³-hybridized carbons (Fsp3) is 0.462. The molecule has 0 radical (unpaired) electrons. The van der Waals surface area contributed by atoms with E-state index in [4.69, 9.17) is 16.0 Å². The summed E-state index contributed by atoms with van der Waals surface area (Å²) in [5.41, 5.74) is 2.67. The number of benzene rings is 1. The van der Waals surface area contributed by atoms with Crippen LogP contribution in [0, 0.1) is 6.92 Å². The second-order valence-corrected chi connectivity index (χ2v) is 5.06. The number of aromatic nitrogens is 1. The van der Waals surface area contributed by atoms with Crippen LogP contribution in [0.4, 0.5) is 6.01 Å². The monoisotopic (exact) mass is 265 g/mol. The summed E-state index contributed by atoms with van der Waals surface area (Å²) in [5.74, 6) is 0. The fourth-order valence-electron chi connectivity index (χ4n) is 2.21. The van der Waals surface area contributed by atoms with E-state index in [0.717, 1.165) is 54.3 Å². The van der Waals surface area contributed by atoms with E-state index in [1.165, 1.54) is 0 Å². The molecule has 0 aliphatic carbocycles. The highest BCUT2D eigenvalue weighted by Crippen LogP contribution is 2.27. The van der Waals surface area contributed by atoms with Gasteiger partial charge >= 0.3 is 0 Å². The van der Waals surface area contributed by atoms with Gasteiger partial charge in [0.1, 0.15) is 5.52 Å². The largest absolute Gasteiger partial charge is 0.423 e. The van der Waals surface area contributed by atoms with Gasteiger partial charge in [0.05, 0.1) is 0 Å². The van der Waals surface area contributed by atoms with E-state index in [1.54, 1.807) is 0 Å². The Labute approximate surface area is 111 Å². The molecule has 0 spiro atoms. The smallest absolute Gasteiger partial charge is 0.298 e. The van der Waals surface area contributed by atoms with Crippen molar-refractivity contribution < 1.29 is 4.42 Å². The minimum Gasteiger partial charge on any atom is -0.423 e. The van der Waals surface area contributed by atoms with Crippen molar-refractivity contribution >= 4 is 28.7 Å². The number of fused-ring (bicyclic) bond motifs is 1. The number of anilines is 1. The summed E-state index contributed by atoms with van der Waals surface area (Å²) in [5, 5.41) is 4.09. The van der Waals surface area contributed by atoms with Gasteiger partial charge in [-0.15, -0.1) is 0 Å². The quantitative estimate of drug-likeness (QED) is 0.861. The van der Waals surface area contributed by atoms with Crippen molar-refractivity contribution in [2.75, 3.05) is 31.1 Å². The molecule has 1 N–H and O–H groups in total. The van der Waals surface area contributed by atoms with Gasteiger partial charge in [-0.1, -0.05) is 11.6 Å². The molecule has 0 saturated carbocycles. The van der Waals surface area contributed by atoms with Gasteiger partial charge in [0.25, 0.3) is 6.01 Å². The van der Waals surface area contributed by atoms with E-state index in [1.807, 2.05) is 19.1 Å². The highest BCUT2D eigenvalue weighted by Gasteiger charge is 2.16. The molecule has 3 rings (SSSR count). The third kappa shape index (κ3) is 2.18. The van der Waals surface area contributed by atoms with Crippen LogP contribution in [-0.4, -0.2) is 31.2 Å². The van der Waals surface area contributed by atoms with Crippen molar-refractivity contribution in [1.82, 2.24) is 10.3 Å². The van der Waals surface area contributed by atoms with Crippen molar-refractivity contribution in [2.24, 2.45) is 0 Å². The zero-order valence-corrected chi connectivity index (χ0v) is 11.1. The van der Waals surface area contributed by atoms with Crippen LogP contribution in [0.3, 0.4) is 0 Å². The summed E-state index contributed by atoms with van der Waals surface area (Å²) < 4.78 is 5.80. The van der Waals surface area contributed by atoms with Crippen molar-refractivity contribution in [1.29, 1.82) is 0 Å². The molecule has 2 aromatic rings. The Morgan fingerprint density at radius 2 is 2.22 bits per heavy atom. The van der Waals surface area contributed by atoms with Gasteiger partial charge in [-0.2, -0.15) is 4.98 Å². The third-order valence-electron chi connectivity index (χ3n) is 3.27. The number of aryl methyl sites for hydroxylation is 1. The molecule has 0 atom stereocenters. The van der Waals surface area contributed by atoms with Gasteiger partial charge in [0.15, 0.2) is 5.58 Å². The van der Waals surface area contributed by atoms with Crippen molar-refractivity contribution in [3.8, 4) is 0 Å². The van der Waals surface area contributed by atoms with Crippen LogP contribution in [0.2, 0.25) is 5.02 Å². The van der Waals surface area contributed by atoms with Crippen LogP contribution < -0.4 is 10.2 Å². The lowest BCUT2D eigenvalue weighted by atomic mass is 10.2. The predicted octanol–water partition coefficient (Wildman–Crippen LogP) is 2.59. The molecule has 4 nitrogen and oxygen atoms in total. The van der Waals surface area contributed by atoms with Gasteiger partial charge in [-0.05, 0) is 31.5 Å². The fourth-order valence-corrected chi connectivity index (χ4v) is 2.37. The van der Waals surface area contributed by atoms with E-state index in [-0.39, 0.29) is 0 Å². The minimum absolute atomic E-state index is 0.704. The first-order valence-electron chi connectivity index (χ1n) is 6.26. The molecule has 1 aliphatic rings. The van der Waals surface area contributed by atoms with Crippen LogP contribution in [-0.2, 0) is 0 Å². The van der Waals surface area contributed by atoms with Crippen LogP contribution in [0.15, 0.2) is 16.5 Å². The van der Waals surface area contributed by atoms with Gasteiger partial charge in [0.2, 0.25) is 0 Å². The van der Waals surface area contributed by atoms with E-state index in [0.29, 0.717) is 6.01 Å². The maximum Gasteiger partial charge on any atom is 0.298 e. The highest BCUT2D eigenvalue weighted by atomic mass is 35.5. The Morgan fingerprint density at radius 3 is 3.11 bits per heavy atom. The van der Waals surface area contributed by atoms with E-state index >= 15 is 0 Å². The highest BCUT2D eigenvalue weighted by molar-refractivity contribution is 6.32. The van der Waals surface area contributed by atoms with Gasteiger partial charge in [0, 0.05) is 30.7 Å². The number of rotatable bonds is 1. The Bertz CT molecular complexity index is 520. The standard InChI is InChI=1S/C13H16ClN3O/c1-9-7-11-12(8-10(9)14)18-13(16-11)17-5-2-3-15-4-6-17/h7-8,15H,2-6H2,1H3. The van der Waals surface area contributed by atoms with Crippen molar-refractivity contribution in [3.63, 3.8) is 0 Å².